The lowest BCUT2D eigenvalue weighted by molar-refractivity contribution is 0.0181. The molecule has 2 aromatic rings. The molecule has 2 saturated heterocycles. The highest BCUT2D eigenvalue weighted by Crippen LogP contribution is 2.34. The number of nitrogens with one attached hydrogen (secondary N) is 1. The van der Waals surface area contributed by atoms with Gasteiger partial charge in [-0.25, -0.2) is 13.1 Å². The summed E-state index contributed by atoms with van der Waals surface area (Å²) in [5, 5.41) is 13.6. The van der Waals surface area contributed by atoms with Crippen molar-refractivity contribution in [3.05, 3.63) is 23.4 Å². The Morgan fingerprint density at radius 1 is 1.24 bits per heavy atom. The number of ether oxygens (including phenoxy) is 2. The van der Waals surface area contributed by atoms with Crippen LogP contribution < -0.4 is 4.72 Å². The van der Waals surface area contributed by atoms with Crippen molar-refractivity contribution >= 4 is 21.4 Å². The molecule has 2 aliphatic rings. The molecule has 136 valence electrons. The van der Waals surface area contributed by atoms with Gasteiger partial charge in [0.05, 0.1) is 29.8 Å². The minimum Gasteiger partial charge on any atom is -0.388 e. The van der Waals surface area contributed by atoms with Crippen LogP contribution in [0.4, 0.5) is 0 Å². The van der Waals surface area contributed by atoms with Gasteiger partial charge in [-0.15, -0.1) is 11.3 Å². The Labute approximate surface area is 148 Å². The zero-order valence-electron chi connectivity index (χ0n) is 13.6. The molecule has 25 heavy (non-hydrogen) atoms. The van der Waals surface area contributed by atoms with Crippen LogP contribution in [0.25, 0.3) is 10.6 Å². The average Bonchev–Trinajstić information content (AvgIpc) is 3.30. The van der Waals surface area contributed by atoms with Gasteiger partial charge in [0.2, 0.25) is 10.0 Å². The average molecular weight is 386 g/mol. The van der Waals surface area contributed by atoms with Crippen LogP contribution in [0.1, 0.15) is 11.3 Å². The molecule has 0 aliphatic carbocycles. The fourth-order valence-corrected chi connectivity index (χ4v) is 5.66. The van der Waals surface area contributed by atoms with Crippen LogP contribution in [0.3, 0.4) is 0 Å². The summed E-state index contributed by atoms with van der Waals surface area (Å²) in [7, 11) is -3.73. The summed E-state index contributed by atoms with van der Waals surface area (Å²) in [6.07, 6.45) is -1.67. The van der Waals surface area contributed by atoms with Gasteiger partial charge in [0, 0.05) is 5.56 Å². The van der Waals surface area contributed by atoms with Crippen molar-refractivity contribution in [3.63, 3.8) is 0 Å². The summed E-state index contributed by atoms with van der Waals surface area (Å²) < 4.78 is 44.3. The van der Waals surface area contributed by atoms with Crippen LogP contribution in [0, 0.1) is 13.8 Å². The molecular weight excluding hydrogens is 368 g/mol. The van der Waals surface area contributed by atoms with E-state index < -0.39 is 34.4 Å². The van der Waals surface area contributed by atoms with E-state index in [1.807, 2.05) is 13.8 Å². The first-order valence-corrected chi connectivity index (χ1v) is 10.1. The summed E-state index contributed by atoms with van der Waals surface area (Å²) in [5.74, 6) is 0.579. The molecule has 0 unspecified atom stereocenters. The van der Waals surface area contributed by atoms with E-state index in [1.54, 1.807) is 6.07 Å². The van der Waals surface area contributed by atoms with Crippen molar-refractivity contribution in [3.8, 4) is 10.6 Å². The third-order valence-corrected chi connectivity index (χ3v) is 7.63. The van der Waals surface area contributed by atoms with Gasteiger partial charge in [-0.2, -0.15) is 0 Å². The highest BCUT2D eigenvalue weighted by atomic mass is 32.2. The smallest absolute Gasteiger partial charge is 0.250 e. The van der Waals surface area contributed by atoms with Crippen LogP contribution in [-0.4, -0.2) is 56.2 Å². The topological polar surface area (TPSA) is 111 Å². The van der Waals surface area contributed by atoms with E-state index in [-0.39, 0.29) is 17.4 Å². The molecule has 10 heteroatoms. The first kappa shape index (κ1) is 17.1. The zero-order valence-corrected chi connectivity index (χ0v) is 15.3. The van der Waals surface area contributed by atoms with Gasteiger partial charge in [-0.3, -0.25) is 0 Å². The largest absolute Gasteiger partial charge is 0.388 e. The molecule has 0 spiro atoms. The minimum atomic E-state index is -3.73. The fourth-order valence-electron chi connectivity index (χ4n) is 3.07. The molecule has 0 bridgehead atoms. The minimum absolute atomic E-state index is 0.154. The number of aryl methyl sites for hydroxylation is 1. The first-order chi connectivity index (χ1) is 11.9. The number of hydrogen-bond acceptors (Lipinski definition) is 8. The Morgan fingerprint density at radius 3 is 2.72 bits per heavy atom. The number of fused-ring (bicyclic) bond motifs is 1. The number of hydrogen-bond donors (Lipinski definition) is 2. The van der Waals surface area contributed by atoms with Crippen molar-refractivity contribution in [2.75, 3.05) is 13.2 Å². The van der Waals surface area contributed by atoms with Crippen molar-refractivity contribution in [2.24, 2.45) is 0 Å². The molecule has 2 aliphatic heterocycles. The lowest BCUT2D eigenvalue weighted by atomic mass is 10.1. The molecule has 2 fully saturated rings. The Morgan fingerprint density at radius 2 is 2.00 bits per heavy atom. The van der Waals surface area contributed by atoms with E-state index >= 15 is 0 Å². The highest BCUT2D eigenvalue weighted by molar-refractivity contribution is 7.91. The molecule has 0 saturated carbocycles. The normalized spacial score (nSPS) is 29.2. The van der Waals surface area contributed by atoms with Gasteiger partial charge in [-0.05, 0) is 26.0 Å². The SMILES string of the molecule is Cc1noc(-c2ccc(S(=O)(=O)N[C@@H]3CO[C@H]4[C@@H]3OC[C@H]4O)s2)c1C. The van der Waals surface area contributed by atoms with E-state index in [2.05, 4.69) is 9.88 Å². The van der Waals surface area contributed by atoms with Gasteiger partial charge in [0.1, 0.15) is 22.5 Å². The molecule has 0 aromatic carbocycles. The molecule has 0 radical (unpaired) electrons. The summed E-state index contributed by atoms with van der Waals surface area (Å²) in [6.45, 7) is 4.04. The fraction of sp³-hybridized carbons (Fsp3) is 0.533. The summed E-state index contributed by atoms with van der Waals surface area (Å²) in [4.78, 5) is 0.701. The quantitative estimate of drug-likeness (QED) is 0.800. The number of rotatable bonds is 4. The molecule has 4 rings (SSSR count). The van der Waals surface area contributed by atoms with Crippen LogP contribution in [0.15, 0.2) is 20.9 Å². The second-order valence-corrected chi connectivity index (χ2v) is 9.26. The number of aromatic nitrogens is 1. The third-order valence-electron chi connectivity index (χ3n) is 4.56. The van der Waals surface area contributed by atoms with Crippen LogP contribution in [0.5, 0.6) is 0 Å². The van der Waals surface area contributed by atoms with Crippen LogP contribution in [-0.2, 0) is 19.5 Å². The zero-order chi connectivity index (χ0) is 17.8. The first-order valence-electron chi connectivity index (χ1n) is 7.83. The maximum Gasteiger partial charge on any atom is 0.250 e. The predicted octanol–water partition coefficient (Wildman–Crippen LogP) is 0.825. The Kier molecular flexibility index (Phi) is 4.21. The van der Waals surface area contributed by atoms with Gasteiger partial charge < -0.3 is 19.1 Å². The number of sulfonamides is 1. The summed E-state index contributed by atoms with van der Waals surface area (Å²) in [5.41, 5.74) is 1.66. The van der Waals surface area contributed by atoms with Crippen molar-refractivity contribution in [1.29, 1.82) is 0 Å². The van der Waals surface area contributed by atoms with Crippen molar-refractivity contribution in [2.45, 2.75) is 42.4 Å². The van der Waals surface area contributed by atoms with Gasteiger partial charge >= 0.3 is 0 Å². The maximum atomic E-state index is 12.7. The van der Waals surface area contributed by atoms with E-state index in [0.717, 1.165) is 22.6 Å². The van der Waals surface area contributed by atoms with Crippen molar-refractivity contribution < 1.29 is 27.5 Å². The van der Waals surface area contributed by atoms with Crippen molar-refractivity contribution in [1.82, 2.24) is 9.88 Å². The molecule has 0 amide bonds. The van der Waals surface area contributed by atoms with Crippen LogP contribution >= 0.6 is 11.3 Å². The van der Waals surface area contributed by atoms with Crippen LogP contribution in [0.2, 0.25) is 0 Å². The number of aliphatic hydroxyl groups is 1. The summed E-state index contributed by atoms with van der Waals surface area (Å²) in [6, 6.07) is 2.72. The lowest BCUT2D eigenvalue weighted by Crippen LogP contribution is -2.43. The van der Waals surface area contributed by atoms with Gasteiger partial charge in [-0.1, -0.05) is 5.16 Å². The Hall–Kier alpha value is -1.30. The number of aliphatic hydroxyl groups excluding tert-OH is 1. The van der Waals surface area contributed by atoms with E-state index in [9.17, 15) is 13.5 Å². The summed E-state index contributed by atoms with van der Waals surface area (Å²) >= 11 is 1.11. The molecule has 4 atom stereocenters. The monoisotopic (exact) mass is 386 g/mol. The predicted molar refractivity (Wildman–Crippen MR) is 88.9 cm³/mol. The van der Waals surface area contributed by atoms with E-state index in [0.29, 0.717) is 10.6 Å². The molecule has 8 nitrogen and oxygen atoms in total. The standard InChI is InChI=1S/C15H18N2O6S2/c1-7-8(2)16-23-13(7)11-3-4-12(24-11)25(19,20)17-9-5-21-15-10(18)6-22-14(9)15/h3-4,9-10,14-15,17-18H,5-6H2,1-2H3/t9-,10-,14-,15-/m1/s1. The highest BCUT2D eigenvalue weighted by Gasteiger charge is 2.48. The van der Waals surface area contributed by atoms with E-state index in [1.165, 1.54) is 6.07 Å². The van der Waals surface area contributed by atoms with Gasteiger partial charge in [0.15, 0.2) is 5.76 Å². The molecule has 2 N–H and O–H groups in total. The number of thiophene rings is 1. The number of nitrogens with zero attached hydrogens (tertiary/aromatic N) is 1. The molecule has 4 heterocycles. The lowest BCUT2D eigenvalue weighted by Gasteiger charge is -2.16. The Balaban J connectivity index is 1.54. The van der Waals surface area contributed by atoms with E-state index in [4.69, 9.17) is 14.0 Å². The second-order valence-electron chi connectivity index (χ2n) is 6.23. The Bertz CT molecular complexity index is 890. The molecular formula is C15H18N2O6S2. The third kappa shape index (κ3) is 2.92. The molecule has 2 aromatic heterocycles. The van der Waals surface area contributed by atoms with Gasteiger partial charge in [0.25, 0.3) is 0 Å². The maximum absolute atomic E-state index is 12.7. The second kappa shape index (κ2) is 6.15.